The highest BCUT2D eigenvalue weighted by atomic mass is 32.2. The number of aryl methyl sites for hydroxylation is 1. The van der Waals surface area contributed by atoms with Gasteiger partial charge >= 0.3 is 0 Å². The topological polar surface area (TPSA) is 89.3 Å². The lowest BCUT2D eigenvalue weighted by Crippen LogP contribution is -2.27. The standard InChI is InChI=1S/C16H18N2O3S2/c1-12-7-8-14(23(17,20)21)11-15(12)16(19)18-9-10-22-13-5-3-2-4-6-13/h2-8,11H,9-10H2,1H3,(H,18,19)(H2,17,20,21). The summed E-state index contributed by atoms with van der Waals surface area (Å²) in [7, 11) is -3.82. The Balaban J connectivity index is 1.95. The van der Waals surface area contributed by atoms with Gasteiger partial charge in [0.2, 0.25) is 10.0 Å². The Morgan fingerprint density at radius 1 is 1.17 bits per heavy atom. The lowest BCUT2D eigenvalue weighted by molar-refractivity contribution is 0.0955. The SMILES string of the molecule is Cc1ccc(S(N)(=O)=O)cc1C(=O)NCCSc1ccccc1. The number of nitrogens with two attached hydrogens (primary N) is 1. The van der Waals surface area contributed by atoms with Gasteiger partial charge in [-0.25, -0.2) is 13.6 Å². The van der Waals surface area contributed by atoms with Crippen LogP contribution in [0.5, 0.6) is 0 Å². The van der Waals surface area contributed by atoms with E-state index < -0.39 is 10.0 Å². The second kappa shape index (κ2) is 7.63. The molecular formula is C16H18N2O3S2. The minimum atomic E-state index is -3.82. The van der Waals surface area contributed by atoms with Crippen LogP contribution in [-0.4, -0.2) is 26.6 Å². The molecule has 2 aromatic carbocycles. The summed E-state index contributed by atoms with van der Waals surface area (Å²) in [6.07, 6.45) is 0. The first-order valence-corrected chi connectivity index (χ1v) is 9.50. The molecule has 2 rings (SSSR count). The number of amides is 1. The van der Waals surface area contributed by atoms with Gasteiger partial charge in [-0.3, -0.25) is 4.79 Å². The molecule has 0 bridgehead atoms. The van der Waals surface area contributed by atoms with E-state index in [0.29, 0.717) is 17.7 Å². The van der Waals surface area contributed by atoms with Crippen molar-refractivity contribution in [2.24, 2.45) is 5.14 Å². The zero-order chi connectivity index (χ0) is 16.9. The van der Waals surface area contributed by atoms with Crippen LogP contribution >= 0.6 is 11.8 Å². The molecule has 122 valence electrons. The average Bonchev–Trinajstić information content (AvgIpc) is 2.51. The van der Waals surface area contributed by atoms with Crippen LogP contribution < -0.4 is 10.5 Å². The number of carbonyl (C=O) groups is 1. The third-order valence-corrected chi connectivity index (χ3v) is 5.11. The summed E-state index contributed by atoms with van der Waals surface area (Å²) in [6.45, 7) is 2.23. The van der Waals surface area contributed by atoms with Crippen molar-refractivity contribution in [3.05, 3.63) is 59.7 Å². The fraction of sp³-hybridized carbons (Fsp3) is 0.188. The molecule has 0 saturated carbocycles. The molecule has 0 aliphatic rings. The molecule has 5 nitrogen and oxygen atoms in total. The van der Waals surface area contributed by atoms with E-state index in [2.05, 4.69) is 5.32 Å². The van der Waals surface area contributed by atoms with E-state index in [4.69, 9.17) is 5.14 Å². The number of nitrogens with one attached hydrogen (secondary N) is 1. The number of sulfonamides is 1. The highest BCUT2D eigenvalue weighted by Gasteiger charge is 2.14. The van der Waals surface area contributed by atoms with Crippen LogP contribution in [0.4, 0.5) is 0 Å². The maximum Gasteiger partial charge on any atom is 0.251 e. The van der Waals surface area contributed by atoms with E-state index in [1.54, 1.807) is 24.8 Å². The summed E-state index contributed by atoms with van der Waals surface area (Å²) in [6, 6.07) is 14.2. The summed E-state index contributed by atoms with van der Waals surface area (Å²) >= 11 is 1.64. The number of hydrogen-bond acceptors (Lipinski definition) is 4. The van der Waals surface area contributed by atoms with Gasteiger partial charge in [-0.1, -0.05) is 24.3 Å². The largest absolute Gasteiger partial charge is 0.351 e. The summed E-state index contributed by atoms with van der Waals surface area (Å²) < 4.78 is 22.8. The van der Waals surface area contributed by atoms with Crippen molar-refractivity contribution in [1.82, 2.24) is 5.32 Å². The van der Waals surface area contributed by atoms with Gasteiger partial charge in [-0.2, -0.15) is 0 Å². The highest BCUT2D eigenvalue weighted by molar-refractivity contribution is 7.99. The highest BCUT2D eigenvalue weighted by Crippen LogP contribution is 2.17. The summed E-state index contributed by atoms with van der Waals surface area (Å²) in [4.78, 5) is 13.3. The molecule has 0 heterocycles. The molecule has 0 saturated heterocycles. The van der Waals surface area contributed by atoms with Gasteiger partial charge in [-0.05, 0) is 36.8 Å². The van der Waals surface area contributed by atoms with Gasteiger partial charge < -0.3 is 5.32 Å². The van der Waals surface area contributed by atoms with E-state index in [0.717, 1.165) is 10.6 Å². The Bertz CT molecular complexity index is 790. The Labute approximate surface area is 140 Å². The predicted molar refractivity (Wildman–Crippen MR) is 92.1 cm³/mol. The zero-order valence-electron chi connectivity index (χ0n) is 12.7. The van der Waals surface area contributed by atoms with Crippen LogP contribution in [0.1, 0.15) is 15.9 Å². The second-order valence-electron chi connectivity index (χ2n) is 4.94. The van der Waals surface area contributed by atoms with Crippen LogP contribution in [0.15, 0.2) is 58.3 Å². The Hall–Kier alpha value is -1.83. The second-order valence-corrected chi connectivity index (χ2v) is 7.67. The van der Waals surface area contributed by atoms with Crippen LogP contribution in [0.2, 0.25) is 0 Å². The molecule has 3 N–H and O–H groups in total. The number of thioether (sulfide) groups is 1. The molecule has 2 aromatic rings. The van der Waals surface area contributed by atoms with Crippen LogP contribution in [-0.2, 0) is 10.0 Å². The lowest BCUT2D eigenvalue weighted by Gasteiger charge is -2.09. The van der Waals surface area contributed by atoms with Crippen LogP contribution in [0.25, 0.3) is 0 Å². The maximum absolute atomic E-state index is 12.2. The molecule has 7 heteroatoms. The normalized spacial score (nSPS) is 11.2. The van der Waals surface area contributed by atoms with Gasteiger partial charge in [0.25, 0.3) is 5.91 Å². The molecule has 0 aromatic heterocycles. The first-order valence-electron chi connectivity index (χ1n) is 6.97. The van der Waals surface area contributed by atoms with Gasteiger partial charge in [0.05, 0.1) is 4.90 Å². The predicted octanol–water partition coefficient (Wildman–Crippen LogP) is 2.16. The molecular weight excluding hydrogens is 332 g/mol. The van der Waals surface area contributed by atoms with Crippen molar-refractivity contribution in [1.29, 1.82) is 0 Å². The van der Waals surface area contributed by atoms with Crippen molar-refractivity contribution < 1.29 is 13.2 Å². The van der Waals surface area contributed by atoms with E-state index in [1.807, 2.05) is 30.3 Å². The molecule has 0 aliphatic carbocycles. The average molecular weight is 350 g/mol. The zero-order valence-corrected chi connectivity index (χ0v) is 14.3. The molecule has 0 fully saturated rings. The summed E-state index contributed by atoms with van der Waals surface area (Å²) in [5.41, 5.74) is 1.02. The van der Waals surface area contributed by atoms with E-state index >= 15 is 0 Å². The first kappa shape index (κ1) is 17.5. The fourth-order valence-electron chi connectivity index (χ4n) is 1.97. The third-order valence-electron chi connectivity index (χ3n) is 3.18. The number of primary sulfonamides is 1. The van der Waals surface area contributed by atoms with Gasteiger partial charge in [0.1, 0.15) is 0 Å². The quantitative estimate of drug-likeness (QED) is 0.617. The van der Waals surface area contributed by atoms with Crippen molar-refractivity contribution >= 4 is 27.7 Å². The number of rotatable bonds is 6. The van der Waals surface area contributed by atoms with E-state index in [1.165, 1.54) is 12.1 Å². The summed E-state index contributed by atoms with van der Waals surface area (Å²) in [5, 5.41) is 7.89. The number of hydrogen-bond donors (Lipinski definition) is 2. The molecule has 0 spiro atoms. The minimum Gasteiger partial charge on any atom is -0.351 e. The third kappa shape index (κ3) is 5.09. The van der Waals surface area contributed by atoms with Crippen molar-refractivity contribution in [3.8, 4) is 0 Å². The fourth-order valence-corrected chi connectivity index (χ4v) is 3.30. The Kier molecular flexibility index (Phi) is 5.81. The monoisotopic (exact) mass is 350 g/mol. The van der Waals surface area contributed by atoms with Gasteiger partial charge in [0.15, 0.2) is 0 Å². The molecule has 0 radical (unpaired) electrons. The first-order chi connectivity index (χ1) is 10.9. The maximum atomic E-state index is 12.2. The van der Waals surface area contributed by atoms with Crippen molar-refractivity contribution in [2.75, 3.05) is 12.3 Å². The van der Waals surface area contributed by atoms with Gasteiger partial charge in [-0.15, -0.1) is 11.8 Å². The summed E-state index contributed by atoms with van der Waals surface area (Å²) in [5.74, 6) is 0.422. The molecule has 0 aliphatic heterocycles. The Morgan fingerprint density at radius 2 is 1.87 bits per heavy atom. The molecule has 23 heavy (non-hydrogen) atoms. The van der Waals surface area contributed by atoms with E-state index in [-0.39, 0.29) is 10.8 Å². The van der Waals surface area contributed by atoms with Crippen molar-refractivity contribution in [3.63, 3.8) is 0 Å². The smallest absolute Gasteiger partial charge is 0.251 e. The molecule has 0 unspecified atom stereocenters. The van der Waals surface area contributed by atoms with Gasteiger partial charge in [0, 0.05) is 22.8 Å². The minimum absolute atomic E-state index is 0.0630. The van der Waals surface area contributed by atoms with E-state index in [9.17, 15) is 13.2 Å². The molecule has 1 amide bonds. The number of benzene rings is 2. The molecule has 0 atom stereocenters. The van der Waals surface area contributed by atoms with Crippen LogP contribution in [0, 0.1) is 6.92 Å². The van der Waals surface area contributed by atoms with Crippen molar-refractivity contribution in [2.45, 2.75) is 16.7 Å². The lowest BCUT2D eigenvalue weighted by atomic mass is 10.1. The van der Waals surface area contributed by atoms with Crippen LogP contribution in [0.3, 0.4) is 0 Å². The number of carbonyl (C=O) groups excluding carboxylic acids is 1. The Morgan fingerprint density at radius 3 is 2.52 bits per heavy atom.